The largest absolute Gasteiger partial charge is 0.323 e. The lowest BCUT2D eigenvalue weighted by atomic mass is 9.73. The van der Waals surface area contributed by atoms with Gasteiger partial charge >= 0.3 is 0 Å². The molecule has 0 saturated heterocycles. The molecule has 1 aliphatic carbocycles. The van der Waals surface area contributed by atoms with Crippen LogP contribution in [0.15, 0.2) is 12.1 Å². The molecule has 2 heteroatoms. The Bertz CT molecular complexity index is 410. The quantitative estimate of drug-likeness (QED) is 0.843. The van der Waals surface area contributed by atoms with Gasteiger partial charge in [0.25, 0.3) is 0 Å². The van der Waals surface area contributed by atoms with E-state index in [2.05, 4.69) is 6.92 Å². The number of benzene rings is 1. The first-order chi connectivity index (χ1) is 8.50. The fourth-order valence-corrected chi connectivity index (χ4v) is 3.59. The Balaban J connectivity index is 2.42. The molecule has 2 rings (SSSR count). The van der Waals surface area contributed by atoms with Crippen LogP contribution in [-0.2, 0) is 0 Å². The summed E-state index contributed by atoms with van der Waals surface area (Å²) in [5.41, 5.74) is 9.28. The lowest BCUT2D eigenvalue weighted by Crippen LogP contribution is -2.33. The molecule has 1 aliphatic rings. The van der Waals surface area contributed by atoms with E-state index in [0.29, 0.717) is 0 Å². The molecule has 0 heterocycles. The van der Waals surface area contributed by atoms with E-state index in [-0.39, 0.29) is 17.3 Å². The van der Waals surface area contributed by atoms with Crippen LogP contribution in [0.3, 0.4) is 0 Å². The average molecular weight is 249 g/mol. The molecule has 0 bridgehead atoms. The van der Waals surface area contributed by atoms with Crippen LogP contribution in [0.5, 0.6) is 0 Å². The Morgan fingerprint density at radius 2 is 1.89 bits per heavy atom. The molecule has 18 heavy (non-hydrogen) atoms. The molecule has 0 aliphatic heterocycles. The average Bonchev–Trinajstić information content (AvgIpc) is 2.77. The molecule has 1 aromatic carbocycles. The van der Waals surface area contributed by atoms with Crippen molar-refractivity contribution in [1.29, 1.82) is 0 Å². The van der Waals surface area contributed by atoms with Gasteiger partial charge in [0.05, 0.1) is 0 Å². The zero-order chi connectivity index (χ0) is 13.3. The second kappa shape index (κ2) is 5.00. The highest BCUT2D eigenvalue weighted by molar-refractivity contribution is 5.35. The summed E-state index contributed by atoms with van der Waals surface area (Å²) in [4.78, 5) is 0. The highest BCUT2D eigenvalue weighted by Crippen LogP contribution is 2.49. The standard InChI is InChI=1S/C16H24FN/c1-4-16(7-5-6-8-16)15(18)14-12(3)9-11(2)10-13(14)17/h9-10,15H,4-8,18H2,1-3H3. The summed E-state index contributed by atoms with van der Waals surface area (Å²) in [6.45, 7) is 6.09. The summed E-state index contributed by atoms with van der Waals surface area (Å²) in [6.07, 6.45) is 5.78. The molecule has 0 spiro atoms. The van der Waals surface area contributed by atoms with E-state index in [0.717, 1.165) is 36.0 Å². The van der Waals surface area contributed by atoms with Crippen molar-refractivity contribution in [2.75, 3.05) is 0 Å². The summed E-state index contributed by atoms with van der Waals surface area (Å²) in [6, 6.07) is 3.49. The van der Waals surface area contributed by atoms with Gasteiger partial charge in [-0.25, -0.2) is 4.39 Å². The van der Waals surface area contributed by atoms with Gasteiger partial charge in [-0.1, -0.05) is 25.8 Å². The van der Waals surface area contributed by atoms with Crippen molar-refractivity contribution in [2.45, 2.75) is 58.9 Å². The molecule has 1 nitrogen and oxygen atoms in total. The molecule has 1 fully saturated rings. The molecule has 0 aromatic heterocycles. The fourth-order valence-electron chi connectivity index (χ4n) is 3.59. The van der Waals surface area contributed by atoms with Gasteiger partial charge in [-0.3, -0.25) is 0 Å². The molecule has 0 radical (unpaired) electrons. The number of rotatable bonds is 3. The maximum Gasteiger partial charge on any atom is 0.128 e. The van der Waals surface area contributed by atoms with Crippen molar-refractivity contribution in [3.05, 3.63) is 34.6 Å². The molecule has 1 unspecified atom stereocenters. The third-order valence-corrected chi connectivity index (χ3v) is 4.75. The normalized spacial score (nSPS) is 20.1. The molecule has 1 saturated carbocycles. The van der Waals surface area contributed by atoms with Crippen LogP contribution in [0.1, 0.15) is 61.8 Å². The van der Waals surface area contributed by atoms with E-state index in [1.807, 2.05) is 19.9 Å². The van der Waals surface area contributed by atoms with Gasteiger partial charge in [0.15, 0.2) is 0 Å². The summed E-state index contributed by atoms with van der Waals surface area (Å²) in [5.74, 6) is -0.125. The minimum absolute atomic E-state index is 0.112. The summed E-state index contributed by atoms with van der Waals surface area (Å²) in [5, 5.41) is 0. The van der Waals surface area contributed by atoms with Crippen LogP contribution in [-0.4, -0.2) is 0 Å². The molecular formula is C16H24FN. The number of halogens is 1. The van der Waals surface area contributed by atoms with Crippen LogP contribution in [0.2, 0.25) is 0 Å². The van der Waals surface area contributed by atoms with Crippen molar-refractivity contribution in [2.24, 2.45) is 11.1 Å². The lowest BCUT2D eigenvalue weighted by molar-refractivity contribution is 0.217. The Labute approximate surface area is 110 Å². The lowest BCUT2D eigenvalue weighted by Gasteiger charge is -2.35. The van der Waals surface area contributed by atoms with Crippen molar-refractivity contribution in [3.63, 3.8) is 0 Å². The van der Waals surface area contributed by atoms with Crippen LogP contribution in [0, 0.1) is 25.1 Å². The first-order valence-corrected chi connectivity index (χ1v) is 7.02. The van der Waals surface area contributed by atoms with E-state index in [1.54, 1.807) is 6.07 Å². The van der Waals surface area contributed by atoms with E-state index < -0.39 is 0 Å². The minimum Gasteiger partial charge on any atom is -0.323 e. The number of hydrogen-bond donors (Lipinski definition) is 1. The molecule has 100 valence electrons. The van der Waals surface area contributed by atoms with E-state index in [1.165, 1.54) is 12.8 Å². The predicted molar refractivity (Wildman–Crippen MR) is 74.0 cm³/mol. The number of aryl methyl sites for hydroxylation is 2. The van der Waals surface area contributed by atoms with Gasteiger partial charge in [-0.05, 0) is 55.7 Å². The van der Waals surface area contributed by atoms with Gasteiger partial charge in [0.2, 0.25) is 0 Å². The topological polar surface area (TPSA) is 26.0 Å². The van der Waals surface area contributed by atoms with E-state index in [4.69, 9.17) is 5.73 Å². The molecule has 0 amide bonds. The Morgan fingerprint density at radius 3 is 2.39 bits per heavy atom. The van der Waals surface area contributed by atoms with E-state index in [9.17, 15) is 4.39 Å². The van der Waals surface area contributed by atoms with Gasteiger partial charge in [0, 0.05) is 11.6 Å². The fraction of sp³-hybridized carbons (Fsp3) is 0.625. The van der Waals surface area contributed by atoms with Crippen molar-refractivity contribution in [1.82, 2.24) is 0 Å². The van der Waals surface area contributed by atoms with Crippen LogP contribution in [0.25, 0.3) is 0 Å². The third kappa shape index (κ3) is 2.18. The van der Waals surface area contributed by atoms with Crippen LogP contribution >= 0.6 is 0 Å². The first-order valence-electron chi connectivity index (χ1n) is 7.02. The summed E-state index contributed by atoms with van der Waals surface area (Å²) in [7, 11) is 0. The zero-order valence-electron chi connectivity index (χ0n) is 11.7. The van der Waals surface area contributed by atoms with Gasteiger partial charge < -0.3 is 5.73 Å². The second-order valence-electron chi connectivity index (χ2n) is 5.88. The van der Waals surface area contributed by atoms with Gasteiger partial charge in [0.1, 0.15) is 5.82 Å². The van der Waals surface area contributed by atoms with Crippen LogP contribution < -0.4 is 5.73 Å². The summed E-state index contributed by atoms with van der Waals surface area (Å²) >= 11 is 0. The smallest absolute Gasteiger partial charge is 0.128 e. The zero-order valence-corrected chi connectivity index (χ0v) is 11.7. The van der Waals surface area contributed by atoms with Crippen molar-refractivity contribution < 1.29 is 4.39 Å². The highest BCUT2D eigenvalue weighted by atomic mass is 19.1. The monoisotopic (exact) mass is 249 g/mol. The molecule has 1 aromatic rings. The van der Waals surface area contributed by atoms with Crippen LogP contribution in [0.4, 0.5) is 4.39 Å². The SMILES string of the molecule is CCC1(C(N)c2c(C)cc(C)cc2F)CCCC1. The molecule has 1 atom stereocenters. The molecular weight excluding hydrogens is 225 g/mol. The minimum atomic E-state index is -0.161. The van der Waals surface area contributed by atoms with Gasteiger partial charge in [-0.2, -0.15) is 0 Å². The predicted octanol–water partition coefficient (Wildman–Crippen LogP) is 4.41. The Kier molecular flexibility index (Phi) is 3.76. The third-order valence-electron chi connectivity index (χ3n) is 4.75. The van der Waals surface area contributed by atoms with Gasteiger partial charge in [-0.15, -0.1) is 0 Å². The number of hydrogen-bond acceptors (Lipinski definition) is 1. The van der Waals surface area contributed by atoms with Crippen molar-refractivity contribution >= 4 is 0 Å². The maximum absolute atomic E-state index is 14.2. The van der Waals surface area contributed by atoms with E-state index >= 15 is 0 Å². The van der Waals surface area contributed by atoms with Crippen molar-refractivity contribution in [3.8, 4) is 0 Å². The Morgan fingerprint density at radius 1 is 1.28 bits per heavy atom. The summed E-state index contributed by atoms with van der Waals surface area (Å²) < 4.78 is 14.2. The first kappa shape index (κ1) is 13.5. The maximum atomic E-state index is 14.2. The second-order valence-corrected chi connectivity index (χ2v) is 5.88. The Hall–Kier alpha value is -0.890. The highest BCUT2D eigenvalue weighted by Gasteiger charge is 2.40. The number of nitrogens with two attached hydrogens (primary N) is 1. The molecule has 2 N–H and O–H groups in total.